The Morgan fingerprint density at radius 2 is 2.33 bits per heavy atom. The Hall–Kier alpha value is -0.450. The molecular weight excluding hydrogens is 242 g/mol. The van der Waals surface area contributed by atoms with Gasteiger partial charge in [-0.1, -0.05) is 20.3 Å². The van der Waals surface area contributed by atoms with Crippen molar-refractivity contribution in [2.45, 2.75) is 58.7 Å². The summed E-state index contributed by atoms with van der Waals surface area (Å²) in [6.45, 7) is 9.96. The predicted molar refractivity (Wildman–Crippen MR) is 78.0 cm³/mol. The van der Waals surface area contributed by atoms with Crippen LogP contribution in [-0.4, -0.2) is 35.1 Å². The Bertz CT molecular complexity index is 364. The molecule has 1 N–H and O–H groups in total. The van der Waals surface area contributed by atoms with Crippen LogP contribution in [0.5, 0.6) is 0 Å². The highest BCUT2D eigenvalue weighted by molar-refractivity contribution is 7.09. The molecule has 3 nitrogen and oxygen atoms in total. The molecule has 1 aromatic heterocycles. The van der Waals surface area contributed by atoms with Gasteiger partial charge in [-0.25, -0.2) is 4.98 Å². The average Bonchev–Trinajstić information content (AvgIpc) is 2.76. The maximum atomic E-state index is 4.60. The number of piperazine rings is 1. The van der Waals surface area contributed by atoms with Crippen LogP contribution in [-0.2, 0) is 6.54 Å². The lowest BCUT2D eigenvalue weighted by Crippen LogP contribution is -2.55. The number of hydrogen-bond donors (Lipinski definition) is 1. The van der Waals surface area contributed by atoms with E-state index < -0.39 is 0 Å². The van der Waals surface area contributed by atoms with Gasteiger partial charge < -0.3 is 5.32 Å². The summed E-state index contributed by atoms with van der Waals surface area (Å²) in [7, 11) is 0. The Labute approximate surface area is 115 Å². The van der Waals surface area contributed by atoms with E-state index in [4.69, 9.17) is 0 Å². The topological polar surface area (TPSA) is 28.2 Å². The van der Waals surface area contributed by atoms with E-state index in [-0.39, 0.29) is 0 Å². The Morgan fingerprint density at radius 1 is 1.50 bits per heavy atom. The van der Waals surface area contributed by atoms with E-state index >= 15 is 0 Å². The predicted octanol–water partition coefficient (Wildman–Crippen LogP) is 2.80. The molecule has 0 radical (unpaired) electrons. The van der Waals surface area contributed by atoms with Crippen LogP contribution in [0, 0.1) is 6.92 Å². The molecule has 102 valence electrons. The van der Waals surface area contributed by atoms with Crippen molar-refractivity contribution in [2.24, 2.45) is 0 Å². The summed E-state index contributed by atoms with van der Waals surface area (Å²) in [6.07, 6.45) is 3.76. The smallest absolute Gasteiger partial charge is 0.107 e. The quantitative estimate of drug-likeness (QED) is 0.889. The molecule has 2 rings (SSSR count). The van der Waals surface area contributed by atoms with Crippen molar-refractivity contribution in [3.63, 3.8) is 0 Å². The largest absolute Gasteiger partial charge is 0.311 e. The van der Waals surface area contributed by atoms with Crippen LogP contribution in [0.3, 0.4) is 0 Å². The van der Waals surface area contributed by atoms with Gasteiger partial charge in [0.1, 0.15) is 5.01 Å². The molecule has 1 saturated heterocycles. The first-order chi connectivity index (χ1) is 8.72. The van der Waals surface area contributed by atoms with E-state index in [9.17, 15) is 0 Å². The van der Waals surface area contributed by atoms with E-state index in [0.717, 1.165) is 18.8 Å². The Morgan fingerprint density at radius 3 is 2.94 bits per heavy atom. The van der Waals surface area contributed by atoms with E-state index in [1.165, 1.54) is 30.8 Å². The lowest BCUT2D eigenvalue weighted by molar-refractivity contribution is 0.115. The van der Waals surface area contributed by atoms with Gasteiger partial charge in [0.2, 0.25) is 0 Å². The number of aryl methyl sites for hydroxylation is 1. The summed E-state index contributed by atoms with van der Waals surface area (Å²) in [6, 6.07) is 1.33. The minimum absolute atomic E-state index is 0.666. The number of thiazole rings is 1. The van der Waals surface area contributed by atoms with Gasteiger partial charge in [0, 0.05) is 36.2 Å². The van der Waals surface area contributed by atoms with Crippen LogP contribution in [0.4, 0.5) is 0 Å². The third-order valence-electron chi connectivity index (χ3n) is 3.73. The molecule has 1 aliphatic heterocycles. The summed E-state index contributed by atoms with van der Waals surface area (Å²) in [4.78, 5) is 7.22. The van der Waals surface area contributed by atoms with Gasteiger partial charge in [0.05, 0.1) is 6.54 Å². The molecule has 0 amide bonds. The highest BCUT2D eigenvalue weighted by Crippen LogP contribution is 2.18. The monoisotopic (exact) mass is 267 g/mol. The summed E-state index contributed by atoms with van der Waals surface area (Å²) >= 11 is 1.80. The van der Waals surface area contributed by atoms with Crippen molar-refractivity contribution >= 4 is 11.3 Å². The molecule has 4 heteroatoms. The van der Waals surface area contributed by atoms with E-state index in [2.05, 4.69) is 41.4 Å². The first kappa shape index (κ1) is 14.0. The molecule has 0 saturated carbocycles. The fourth-order valence-corrected chi connectivity index (χ4v) is 3.51. The van der Waals surface area contributed by atoms with Crippen LogP contribution in [0.15, 0.2) is 5.38 Å². The molecule has 0 aliphatic carbocycles. The van der Waals surface area contributed by atoms with Gasteiger partial charge in [0.25, 0.3) is 0 Å². The highest BCUT2D eigenvalue weighted by atomic mass is 32.1. The first-order valence-corrected chi connectivity index (χ1v) is 7.99. The molecule has 1 aromatic rings. The maximum absolute atomic E-state index is 4.60. The van der Waals surface area contributed by atoms with Crippen molar-refractivity contribution in [2.75, 3.05) is 13.1 Å². The normalized spacial score (nSPS) is 25.5. The number of aromatic nitrogens is 1. The Balaban J connectivity index is 1.97. The molecule has 18 heavy (non-hydrogen) atoms. The van der Waals surface area contributed by atoms with Gasteiger partial charge in [0.15, 0.2) is 0 Å². The molecule has 2 unspecified atom stereocenters. The van der Waals surface area contributed by atoms with Crippen molar-refractivity contribution in [3.05, 3.63) is 16.1 Å². The van der Waals surface area contributed by atoms with Crippen LogP contribution < -0.4 is 5.32 Å². The summed E-state index contributed by atoms with van der Waals surface area (Å²) < 4.78 is 0. The highest BCUT2D eigenvalue weighted by Gasteiger charge is 2.26. The van der Waals surface area contributed by atoms with Gasteiger partial charge in [-0.3, -0.25) is 4.90 Å². The lowest BCUT2D eigenvalue weighted by Gasteiger charge is -2.39. The SMILES string of the molecule is CCCC1CN(Cc2nc(C)cs2)C(CC)CN1. The molecule has 0 aromatic carbocycles. The van der Waals surface area contributed by atoms with Gasteiger partial charge >= 0.3 is 0 Å². The van der Waals surface area contributed by atoms with Crippen molar-refractivity contribution < 1.29 is 0 Å². The standard InChI is InChI=1S/C14H25N3S/c1-4-6-12-8-17(13(5-2)7-15-12)9-14-16-11(3)10-18-14/h10,12-13,15H,4-9H2,1-3H3. The second-order valence-electron chi connectivity index (χ2n) is 5.27. The molecular formula is C14H25N3S. The zero-order chi connectivity index (χ0) is 13.0. The van der Waals surface area contributed by atoms with Crippen molar-refractivity contribution in [1.29, 1.82) is 0 Å². The molecule has 1 aliphatic rings. The van der Waals surface area contributed by atoms with Crippen molar-refractivity contribution in [3.8, 4) is 0 Å². The van der Waals surface area contributed by atoms with E-state index in [1.807, 2.05) is 0 Å². The molecule has 1 fully saturated rings. The zero-order valence-corrected chi connectivity index (χ0v) is 12.6. The molecule has 0 bridgehead atoms. The minimum atomic E-state index is 0.666. The second-order valence-corrected chi connectivity index (χ2v) is 6.21. The van der Waals surface area contributed by atoms with Crippen LogP contribution in [0.25, 0.3) is 0 Å². The molecule has 2 atom stereocenters. The van der Waals surface area contributed by atoms with Gasteiger partial charge in [-0.15, -0.1) is 11.3 Å². The number of nitrogens with one attached hydrogen (secondary N) is 1. The Kier molecular flexibility index (Phi) is 5.15. The minimum Gasteiger partial charge on any atom is -0.311 e. The molecule has 0 spiro atoms. The third kappa shape index (κ3) is 3.53. The van der Waals surface area contributed by atoms with Crippen LogP contribution >= 0.6 is 11.3 Å². The molecule has 2 heterocycles. The first-order valence-electron chi connectivity index (χ1n) is 7.11. The summed E-state index contributed by atoms with van der Waals surface area (Å²) in [5, 5.41) is 7.10. The fourth-order valence-electron chi connectivity index (χ4n) is 2.72. The van der Waals surface area contributed by atoms with E-state index in [1.54, 1.807) is 11.3 Å². The second kappa shape index (κ2) is 6.64. The number of hydrogen-bond acceptors (Lipinski definition) is 4. The van der Waals surface area contributed by atoms with Gasteiger partial charge in [-0.05, 0) is 19.8 Å². The zero-order valence-electron chi connectivity index (χ0n) is 11.8. The lowest BCUT2D eigenvalue weighted by atomic mass is 10.0. The summed E-state index contributed by atoms with van der Waals surface area (Å²) in [5.74, 6) is 0. The van der Waals surface area contributed by atoms with Gasteiger partial charge in [-0.2, -0.15) is 0 Å². The van der Waals surface area contributed by atoms with Crippen molar-refractivity contribution in [1.82, 2.24) is 15.2 Å². The number of rotatable bonds is 5. The van der Waals surface area contributed by atoms with Crippen LogP contribution in [0.1, 0.15) is 43.8 Å². The number of nitrogens with zero attached hydrogens (tertiary/aromatic N) is 2. The van der Waals surface area contributed by atoms with E-state index in [0.29, 0.717) is 12.1 Å². The summed E-state index contributed by atoms with van der Waals surface area (Å²) in [5.41, 5.74) is 1.16. The average molecular weight is 267 g/mol. The maximum Gasteiger partial charge on any atom is 0.107 e. The van der Waals surface area contributed by atoms with Crippen LogP contribution in [0.2, 0.25) is 0 Å². The fraction of sp³-hybridized carbons (Fsp3) is 0.786. The third-order valence-corrected chi connectivity index (χ3v) is 4.68.